The molecule has 1 fully saturated rings. The van der Waals surface area contributed by atoms with Crippen molar-refractivity contribution < 1.29 is 8.42 Å². The van der Waals surface area contributed by atoms with E-state index in [1.807, 2.05) is 31.3 Å². The van der Waals surface area contributed by atoms with Gasteiger partial charge in [0.05, 0.1) is 5.75 Å². The minimum atomic E-state index is -3.18. The van der Waals surface area contributed by atoms with E-state index in [-0.39, 0.29) is 5.75 Å². The van der Waals surface area contributed by atoms with Crippen LogP contribution in [-0.4, -0.2) is 32.9 Å². The second-order valence-electron chi connectivity index (χ2n) is 5.69. The van der Waals surface area contributed by atoms with E-state index < -0.39 is 10.0 Å². The molecule has 1 aromatic rings. The van der Waals surface area contributed by atoms with Gasteiger partial charge in [-0.25, -0.2) is 12.7 Å². The lowest BCUT2D eigenvalue weighted by atomic mass is 10.0. The Kier molecular flexibility index (Phi) is 5.18. The van der Waals surface area contributed by atoms with E-state index in [9.17, 15) is 8.42 Å². The lowest BCUT2D eigenvalue weighted by molar-refractivity contribution is 0.287. The second kappa shape index (κ2) is 6.70. The number of piperidine rings is 1. The molecule has 1 heterocycles. The Balaban J connectivity index is 2.06. The van der Waals surface area contributed by atoms with Crippen molar-refractivity contribution in [3.05, 3.63) is 35.4 Å². The number of nitrogens with one attached hydrogen (secondary N) is 1. The molecule has 0 spiro atoms. The number of hydrogen-bond acceptors (Lipinski definition) is 3. The highest BCUT2D eigenvalue weighted by molar-refractivity contribution is 7.88. The number of hydrogen-bond donors (Lipinski definition) is 1. The van der Waals surface area contributed by atoms with Gasteiger partial charge in [-0.3, -0.25) is 0 Å². The molecule has 1 aromatic carbocycles. The quantitative estimate of drug-likeness (QED) is 0.904. The maximum absolute atomic E-state index is 12.4. The first-order valence-corrected chi connectivity index (χ1v) is 8.82. The Bertz CT molecular complexity index is 535. The van der Waals surface area contributed by atoms with Crippen LogP contribution in [0.4, 0.5) is 0 Å². The predicted molar refractivity (Wildman–Crippen MR) is 81.8 cm³/mol. The van der Waals surface area contributed by atoms with Crippen molar-refractivity contribution >= 4 is 10.0 Å². The van der Waals surface area contributed by atoms with E-state index in [1.54, 1.807) is 4.31 Å². The number of nitrogens with zero attached hydrogens (tertiary/aromatic N) is 1. The van der Waals surface area contributed by atoms with Crippen LogP contribution in [-0.2, 0) is 22.3 Å². The van der Waals surface area contributed by atoms with Crippen LogP contribution in [0.25, 0.3) is 0 Å². The fourth-order valence-electron chi connectivity index (χ4n) is 2.60. The number of rotatable bonds is 5. The fourth-order valence-corrected chi connectivity index (χ4v) is 4.15. The summed E-state index contributed by atoms with van der Waals surface area (Å²) in [6, 6.07) is 7.80. The maximum Gasteiger partial charge on any atom is 0.218 e. The third kappa shape index (κ3) is 4.04. The van der Waals surface area contributed by atoms with Crippen LogP contribution in [0.15, 0.2) is 24.3 Å². The maximum atomic E-state index is 12.4. The first kappa shape index (κ1) is 15.5. The summed E-state index contributed by atoms with van der Waals surface area (Å²) in [6.45, 7) is 4.28. The van der Waals surface area contributed by atoms with Crippen molar-refractivity contribution in [2.24, 2.45) is 5.92 Å². The lowest BCUT2D eigenvalue weighted by Crippen LogP contribution is -2.38. The molecule has 2 rings (SSSR count). The zero-order valence-corrected chi connectivity index (χ0v) is 13.1. The Morgan fingerprint density at radius 1 is 1.25 bits per heavy atom. The first-order chi connectivity index (χ1) is 9.51. The zero-order chi connectivity index (χ0) is 14.6. The van der Waals surface area contributed by atoms with Crippen LogP contribution in [0, 0.1) is 5.92 Å². The topological polar surface area (TPSA) is 49.4 Å². The highest BCUT2D eigenvalue weighted by Crippen LogP contribution is 2.21. The summed E-state index contributed by atoms with van der Waals surface area (Å²) in [5.74, 6) is 0.749. The summed E-state index contributed by atoms with van der Waals surface area (Å²) >= 11 is 0. The Morgan fingerprint density at radius 3 is 2.55 bits per heavy atom. The highest BCUT2D eigenvalue weighted by Gasteiger charge is 2.26. The molecule has 0 unspecified atom stereocenters. The van der Waals surface area contributed by atoms with Gasteiger partial charge in [0, 0.05) is 19.6 Å². The summed E-state index contributed by atoms with van der Waals surface area (Å²) in [7, 11) is -1.29. The molecule has 0 aromatic heterocycles. The molecule has 20 heavy (non-hydrogen) atoms. The summed E-state index contributed by atoms with van der Waals surface area (Å²) in [4.78, 5) is 0. The molecule has 5 heteroatoms. The molecule has 1 aliphatic rings. The molecule has 0 bridgehead atoms. The van der Waals surface area contributed by atoms with Crippen molar-refractivity contribution in [1.29, 1.82) is 0 Å². The van der Waals surface area contributed by atoms with Gasteiger partial charge < -0.3 is 5.32 Å². The van der Waals surface area contributed by atoms with Crippen molar-refractivity contribution in [1.82, 2.24) is 9.62 Å². The van der Waals surface area contributed by atoms with E-state index in [0.29, 0.717) is 19.0 Å². The van der Waals surface area contributed by atoms with E-state index in [4.69, 9.17) is 0 Å². The molecule has 0 amide bonds. The minimum absolute atomic E-state index is 0.110. The summed E-state index contributed by atoms with van der Waals surface area (Å²) in [5, 5.41) is 3.08. The lowest BCUT2D eigenvalue weighted by Gasteiger charge is -2.29. The normalized spacial score (nSPS) is 18.3. The number of sulfonamides is 1. The highest BCUT2D eigenvalue weighted by atomic mass is 32.2. The van der Waals surface area contributed by atoms with E-state index in [0.717, 1.165) is 30.5 Å². The molecule has 1 N–H and O–H groups in total. The first-order valence-electron chi connectivity index (χ1n) is 7.21. The zero-order valence-electron chi connectivity index (χ0n) is 12.3. The van der Waals surface area contributed by atoms with Gasteiger partial charge in [-0.15, -0.1) is 0 Å². The standard InChI is InChI=1S/C15H24N2O2S/c1-13-6-8-17(9-7-13)20(18,19)12-15-5-3-4-14(10-15)11-16-2/h3-5,10,13,16H,6-9,11-12H2,1-2H3. The van der Waals surface area contributed by atoms with Gasteiger partial charge in [0.15, 0.2) is 0 Å². The predicted octanol–water partition coefficient (Wildman–Crippen LogP) is 1.97. The minimum Gasteiger partial charge on any atom is -0.316 e. The van der Waals surface area contributed by atoms with Crippen LogP contribution in [0.2, 0.25) is 0 Å². The molecule has 0 saturated carbocycles. The van der Waals surface area contributed by atoms with Gasteiger partial charge >= 0.3 is 0 Å². The largest absolute Gasteiger partial charge is 0.316 e. The Morgan fingerprint density at radius 2 is 1.90 bits per heavy atom. The van der Waals surface area contributed by atoms with Crippen molar-refractivity contribution in [3.8, 4) is 0 Å². The van der Waals surface area contributed by atoms with Crippen LogP contribution < -0.4 is 5.32 Å². The molecule has 0 atom stereocenters. The monoisotopic (exact) mass is 296 g/mol. The van der Waals surface area contributed by atoms with Gasteiger partial charge in [-0.1, -0.05) is 31.2 Å². The molecule has 0 aliphatic carbocycles. The molecule has 1 aliphatic heterocycles. The van der Waals surface area contributed by atoms with E-state index in [1.165, 1.54) is 0 Å². The Hall–Kier alpha value is -0.910. The molecular formula is C15H24N2O2S. The summed E-state index contributed by atoms with van der Waals surface area (Å²) < 4.78 is 26.5. The van der Waals surface area contributed by atoms with Gasteiger partial charge in [0.2, 0.25) is 10.0 Å². The van der Waals surface area contributed by atoms with Crippen LogP contribution in [0.5, 0.6) is 0 Å². The SMILES string of the molecule is CNCc1cccc(CS(=O)(=O)N2CCC(C)CC2)c1. The van der Waals surface area contributed by atoms with Crippen molar-refractivity contribution in [3.63, 3.8) is 0 Å². The van der Waals surface area contributed by atoms with Gasteiger partial charge in [0.25, 0.3) is 0 Å². The van der Waals surface area contributed by atoms with Gasteiger partial charge in [-0.2, -0.15) is 0 Å². The van der Waals surface area contributed by atoms with Crippen LogP contribution in [0.3, 0.4) is 0 Å². The third-order valence-electron chi connectivity index (χ3n) is 3.86. The molecular weight excluding hydrogens is 272 g/mol. The molecule has 4 nitrogen and oxygen atoms in total. The van der Waals surface area contributed by atoms with Crippen LogP contribution >= 0.6 is 0 Å². The van der Waals surface area contributed by atoms with Gasteiger partial charge in [0.1, 0.15) is 0 Å². The summed E-state index contributed by atoms with van der Waals surface area (Å²) in [6.07, 6.45) is 1.94. The average Bonchev–Trinajstić information content (AvgIpc) is 2.39. The molecule has 112 valence electrons. The van der Waals surface area contributed by atoms with Crippen molar-refractivity contribution in [2.45, 2.75) is 32.1 Å². The molecule has 0 radical (unpaired) electrons. The third-order valence-corrected chi connectivity index (χ3v) is 5.71. The molecule has 1 saturated heterocycles. The van der Waals surface area contributed by atoms with Gasteiger partial charge in [-0.05, 0) is 36.9 Å². The smallest absolute Gasteiger partial charge is 0.218 e. The fraction of sp³-hybridized carbons (Fsp3) is 0.600. The Labute approximate surface area is 122 Å². The summed E-state index contributed by atoms with van der Waals surface area (Å²) in [5.41, 5.74) is 1.99. The second-order valence-corrected chi connectivity index (χ2v) is 7.66. The van der Waals surface area contributed by atoms with E-state index in [2.05, 4.69) is 12.2 Å². The van der Waals surface area contributed by atoms with Crippen LogP contribution in [0.1, 0.15) is 30.9 Å². The van der Waals surface area contributed by atoms with E-state index >= 15 is 0 Å². The van der Waals surface area contributed by atoms with Crippen molar-refractivity contribution in [2.75, 3.05) is 20.1 Å². The number of benzene rings is 1. The average molecular weight is 296 g/mol.